The van der Waals surface area contributed by atoms with Crippen LogP contribution in [-0.2, 0) is 16.1 Å². The van der Waals surface area contributed by atoms with E-state index in [9.17, 15) is 14.4 Å². The average Bonchev–Trinajstić information content (AvgIpc) is 3.01. The van der Waals surface area contributed by atoms with Crippen molar-refractivity contribution in [3.8, 4) is 0 Å². The number of rotatable bonds is 5. The molecule has 1 atom stereocenters. The second kappa shape index (κ2) is 7.89. The Balaban J connectivity index is 1.46. The third-order valence-corrected chi connectivity index (χ3v) is 5.97. The van der Waals surface area contributed by atoms with Gasteiger partial charge in [0.25, 0.3) is 5.91 Å². The molecule has 0 bridgehead atoms. The number of nitrogens with two attached hydrogens (primary N) is 1. The largest absolute Gasteiger partial charge is 0.382 e. The van der Waals surface area contributed by atoms with Crippen molar-refractivity contribution in [2.75, 3.05) is 31.5 Å². The highest BCUT2D eigenvalue weighted by atomic mass is 16.2. The van der Waals surface area contributed by atoms with Crippen molar-refractivity contribution in [3.63, 3.8) is 0 Å². The van der Waals surface area contributed by atoms with Crippen molar-refractivity contribution in [1.29, 1.82) is 0 Å². The first kappa shape index (κ1) is 18.9. The average molecular weight is 385 g/mol. The number of carbonyl (C=O) groups is 3. The molecule has 28 heavy (non-hydrogen) atoms. The van der Waals surface area contributed by atoms with Gasteiger partial charge in [-0.1, -0.05) is 6.07 Å². The Labute approximate surface area is 164 Å². The van der Waals surface area contributed by atoms with E-state index in [1.54, 1.807) is 4.90 Å². The van der Waals surface area contributed by atoms with Crippen molar-refractivity contribution in [1.82, 2.24) is 15.1 Å². The maximum atomic E-state index is 12.9. The number of hydrogen-bond donors (Lipinski definition) is 3. The summed E-state index contributed by atoms with van der Waals surface area (Å²) >= 11 is 0. The molecule has 2 saturated heterocycles. The first-order valence-corrected chi connectivity index (χ1v) is 10.0. The first-order chi connectivity index (χ1) is 13.6. The topological polar surface area (TPSA) is 108 Å². The second-order valence-corrected chi connectivity index (χ2v) is 7.78. The fourth-order valence-corrected chi connectivity index (χ4v) is 4.42. The number of piperidine rings is 2. The molecule has 8 heteroatoms. The Morgan fingerprint density at radius 1 is 1.14 bits per heavy atom. The van der Waals surface area contributed by atoms with Gasteiger partial charge in [-0.3, -0.25) is 19.7 Å². The number of anilines is 1. The molecule has 0 saturated carbocycles. The Hall–Kier alpha value is -2.45. The van der Waals surface area contributed by atoms with Crippen molar-refractivity contribution >= 4 is 23.4 Å². The summed E-state index contributed by atoms with van der Waals surface area (Å²) in [4.78, 5) is 40.5. The van der Waals surface area contributed by atoms with E-state index in [0.29, 0.717) is 31.1 Å². The monoisotopic (exact) mass is 385 g/mol. The van der Waals surface area contributed by atoms with Gasteiger partial charge in [-0.05, 0) is 31.4 Å². The molecule has 3 aliphatic heterocycles. The third kappa shape index (κ3) is 3.62. The highest BCUT2D eigenvalue weighted by Gasteiger charge is 2.40. The summed E-state index contributed by atoms with van der Waals surface area (Å²) < 4.78 is 0. The van der Waals surface area contributed by atoms with Crippen LogP contribution >= 0.6 is 0 Å². The van der Waals surface area contributed by atoms with Gasteiger partial charge in [0.15, 0.2) is 0 Å². The van der Waals surface area contributed by atoms with E-state index in [4.69, 9.17) is 5.73 Å². The number of amides is 3. The number of nitrogens with one attached hydrogen (secondary N) is 2. The van der Waals surface area contributed by atoms with Crippen LogP contribution in [0.15, 0.2) is 18.2 Å². The summed E-state index contributed by atoms with van der Waals surface area (Å²) in [7, 11) is 0. The van der Waals surface area contributed by atoms with Gasteiger partial charge in [0.2, 0.25) is 11.8 Å². The Morgan fingerprint density at radius 3 is 2.64 bits per heavy atom. The van der Waals surface area contributed by atoms with Crippen LogP contribution in [-0.4, -0.2) is 65.8 Å². The summed E-state index contributed by atoms with van der Waals surface area (Å²) in [5, 5.41) is 5.96. The zero-order valence-electron chi connectivity index (χ0n) is 15.9. The van der Waals surface area contributed by atoms with Crippen LogP contribution < -0.4 is 16.4 Å². The number of imide groups is 1. The number of likely N-dealkylation sites (tertiary alicyclic amines) is 1. The van der Waals surface area contributed by atoms with E-state index in [0.717, 1.165) is 43.7 Å². The first-order valence-electron chi connectivity index (χ1n) is 10.0. The molecule has 0 radical (unpaired) electrons. The van der Waals surface area contributed by atoms with Crippen LogP contribution in [0, 0.1) is 0 Å². The SMILES string of the molecule is NCCN1CCC(Nc2cccc3c2CN(C2CCC(=O)NC2=O)C3=O)CC1. The lowest BCUT2D eigenvalue weighted by molar-refractivity contribution is -0.136. The zero-order chi connectivity index (χ0) is 19.7. The third-order valence-electron chi connectivity index (χ3n) is 5.97. The number of carbonyl (C=O) groups excluding carboxylic acids is 3. The van der Waals surface area contributed by atoms with Gasteiger partial charge in [0.05, 0.1) is 0 Å². The molecule has 3 amide bonds. The Morgan fingerprint density at radius 2 is 1.93 bits per heavy atom. The molecule has 0 aliphatic carbocycles. The van der Waals surface area contributed by atoms with Crippen LogP contribution in [0.2, 0.25) is 0 Å². The minimum atomic E-state index is -0.579. The maximum absolute atomic E-state index is 12.9. The maximum Gasteiger partial charge on any atom is 0.255 e. The summed E-state index contributed by atoms with van der Waals surface area (Å²) in [6.45, 7) is 4.05. The molecule has 1 unspecified atom stereocenters. The van der Waals surface area contributed by atoms with E-state index in [2.05, 4.69) is 15.5 Å². The van der Waals surface area contributed by atoms with E-state index >= 15 is 0 Å². The van der Waals surface area contributed by atoms with Crippen molar-refractivity contribution in [3.05, 3.63) is 29.3 Å². The lowest BCUT2D eigenvalue weighted by Gasteiger charge is -2.33. The van der Waals surface area contributed by atoms with Gasteiger partial charge in [0.1, 0.15) is 6.04 Å². The molecule has 1 aromatic rings. The van der Waals surface area contributed by atoms with E-state index < -0.39 is 6.04 Å². The standard InChI is InChI=1S/C20H27N5O3/c21-8-11-24-9-6-13(7-10-24)22-16-3-1-2-14-15(16)12-25(20(14)28)17-4-5-18(26)23-19(17)27/h1-3,13,17,22H,4-12,21H2,(H,23,26,27). The van der Waals surface area contributed by atoms with E-state index in [1.165, 1.54) is 0 Å². The molecule has 8 nitrogen and oxygen atoms in total. The van der Waals surface area contributed by atoms with Gasteiger partial charge in [-0.15, -0.1) is 0 Å². The molecular weight excluding hydrogens is 358 g/mol. The lowest BCUT2D eigenvalue weighted by Crippen LogP contribution is -2.52. The molecule has 0 aromatic heterocycles. The molecular formula is C20H27N5O3. The van der Waals surface area contributed by atoms with E-state index in [-0.39, 0.29) is 24.1 Å². The highest BCUT2D eigenvalue weighted by molar-refractivity contribution is 6.06. The van der Waals surface area contributed by atoms with Gasteiger partial charge in [0, 0.05) is 62.0 Å². The van der Waals surface area contributed by atoms with Crippen LogP contribution in [0.1, 0.15) is 41.6 Å². The van der Waals surface area contributed by atoms with Crippen molar-refractivity contribution < 1.29 is 14.4 Å². The smallest absolute Gasteiger partial charge is 0.255 e. The molecule has 0 spiro atoms. The zero-order valence-corrected chi connectivity index (χ0v) is 15.9. The van der Waals surface area contributed by atoms with Crippen LogP contribution in [0.5, 0.6) is 0 Å². The molecule has 4 N–H and O–H groups in total. The molecule has 3 heterocycles. The predicted molar refractivity (Wildman–Crippen MR) is 105 cm³/mol. The predicted octanol–water partition coefficient (Wildman–Crippen LogP) is 0.283. The lowest BCUT2D eigenvalue weighted by atomic mass is 10.0. The van der Waals surface area contributed by atoms with Crippen LogP contribution in [0.4, 0.5) is 5.69 Å². The summed E-state index contributed by atoms with van der Waals surface area (Å²) in [6, 6.07) is 5.49. The molecule has 150 valence electrons. The summed E-state index contributed by atoms with van der Waals surface area (Å²) in [6.07, 6.45) is 2.72. The van der Waals surface area contributed by atoms with Crippen LogP contribution in [0.3, 0.4) is 0 Å². The minimum Gasteiger partial charge on any atom is -0.382 e. The molecule has 2 fully saturated rings. The number of hydrogen-bond acceptors (Lipinski definition) is 6. The Kier molecular flexibility index (Phi) is 5.32. The molecule has 4 rings (SSSR count). The summed E-state index contributed by atoms with van der Waals surface area (Å²) in [5.74, 6) is -0.779. The van der Waals surface area contributed by atoms with Crippen molar-refractivity contribution in [2.24, 2.45) is 5.73 Å². The fourth-order valence-electron chi connectivity index (χ4n) is 4.42. The second-order valence-electron chi connectivity index (χ2n) is 7.78. The van der Waals surface area contributed by atoms with Gasteiger partial charge < -0.3 is 20.9 Å². The Bertz CT molecular complexity index is 788. The van der Waals surface area contributed by atoms with Gasteiger partial charge in [-0.2, -0.15) is 0 Å². The van der Waals surface area contributed by atoms with E-state index in [1.807, 2.05) is 18.2 Å². The number of fused-ring (bicyclic) bond motifs is 1. The number of nitrogens with zero attached hydrogens (tertiary/aromatic N) is 2. The van der Waals surface area contributed by atoms with Crippen molar-refractivity contribution in [2.45, 2.75) is 44.3 Å². The molecule has 3 aliphatic rings. The van der Waals surface area contributed by atoms with Crippen LogP contribution in [0.25, 0.3) is 0 Å². The molecule has 1 aromatic carbocycles. The quantitative estimate of drug-likeness (QED) is 0.629. The fraction of sp³-hybridized carbons (Fsp3) is 0.550. The number of benzene rings is 1. The summed E-state index contributed by atoms with van der Waals surface area (Å²) in [5.41, 5.74) is 8.21. The highest BCUT2D eigenvalue weighted by Crippen LogP contribution is 2.33. The van der Waals surface area contributed by atoms with Gasteiger partial charge >= 0.3 is 0 Å². The van der Waals surface area contributed by atoms with Gasteiger partial charge in [-0.25, -0.2) is 0 Å². The minimum absolute atomic E-state index is 0.133. The normalized spacial score (nSPS) is 23.7.